The van der Waals surface area contributed by atoms with Gasteiger partial charge in [0.05, 0.1) is 13.0 Å². The van der Waals surface area contributed by atoms with E-state index in [9.17, 15) is 14.4 Å². The van der Waals surface area contributed by atoms with Crippen molar-refractivity contribution in [3.63, 3.8) is 0 Å². The fourth-order valence-electron chi connectivity index (χ4n) is 1.21. The molecule has 0 fully saturated rings. The minimum atomic E-state index is -1.15. The van der Waals surface area contributed by atoms with Crippen molar-refractivity contribution >= 4 is 17.9 Å². The van der Waals surface area contributed by atoms with Crippen molar-refractivity contribution < 1.29 is 29.3 Å². The summed E-state index contributed by atoms with van der Waals surface area (Å²) in [7, 11) is 0. The van der Waals surface area contributed by atoms with Gasteiger partial charge in [-0.15, -0.1) is 0 Å². The molecule has 6 nitrogen and oxygen atoms in total. The van der Waals surface area contributed by atoms with Gasteiger partial charge in [-0.05, 0) is 20.3 Å². The zero-order valence-corrected chi connectivity index (χ0v) is 9.86. The molecule has 0 saturated heterocycles. The predicted molar refractivity (Wildman–Crippen MR) is 58.5 cm³/mol. The maximum absolute atomic E-state index is 11.5. The Kier molecular flexibility index (Phi) is 6.62. The molecule has 0 saturated carbocycles. The maximum Gasteiger partial charge on any atom is 0.334 e. The Hall–Kier alpha value is -1.85. The monoisotopic (exact) mass is 244 g/mol. The molecule has 0 aliphatic carbocycles. The summed E-state index contributed by atoms with van der Waals surface area (Å²) < 4.78 is 4.73. The molecule has 0 aromatic rings. The molecule has 0 rings (SSSR count). The van der Waals surface area contributed by atoms with E-state index in [0.29, 0.717) is 5.57 Å². The molecule has 0 bridgehead atoms. The summed E-state index contributed by atoms with van der Waals surface area (Å²) in [5.74, 6) is -2.84. The number of ether oxygens (including phenoxy) is 1. The van der Waals surface area contributed by atoms with Crippen LogP contribution in [-0.4, -0.2) is 34.7 Å². The van der Waals surface area contributed by atoms with Crippen molar-refractivity contribution in [3.8, 4) is 0 Å². The largest absolute Gasteiger partial charge is 0.481 e. The highest BCUT2D eigenvalue weighted by molar-refractivity contribution is 5.94. The summed E-state index contributed by atoms with van der Waals surface area (Å²) in [6.07, 6.45) is -0.463. The van der Waals surface area contributed by atoms with Crippen LogP contribution in [0.4, 0.5) is 0 Å². The number of esters is 1. The topological polar surface area (TPSA) is 101 Å². The number of aliphatic carboxylic acids is 2. The minimum absolute atomic E-state index is 0.0283. The Labute approximate surface area is 98.9 Å². The molecule has 0 unspecified atom stereocenters. The minimum Gasteiger partial charge on any atom is -0.481 e. The summed E-state index contributed by atoms with van der Waals surface area (Å²) >= 11 is 0. The van der Waals surface area contributed by atoms with Crippen molar-refractivity contribution in [3.05, 3.63) is 11.1 Å². The summed E-state index contributed by atoms with van der Waals surface area (Å²) in [6.45, 7) is 3.30. The van der Waals surface area contributed by atoms with Crippen LogP contribution in [0.3, 0.4) is 0 Å². The Morgan fingerprint density at radius 2 is 1.65 bits per heavy atom. The molecule has 17 heavy (non-hydrogen) atoms. The lowest BCUT2D eigenvalue weighted by Gasteiger charge is -2.08. The van der Waals surface area contributed by atoms with Crippen molar-refractivity contribution in [2.24, 2.45) is 0 Å². The third-order valence-corrected chi connectivity index (χ3v) is 2.08. The first-order valence-corrected chi connectivity index (χ1v) is 5.17. The third-order valence-electron chi connectivity index (χ3n) is 2.08. The highest BCUT2D eigenvalue weighted by atomic mass is 16.5. The van der Waals surface area contributed by atoms with E-state index in [1.807, 2.05) is 0 Å². The lowest BCUT2D eigenvalue weighted by Crippen LogP contribution is -2.13. The Balaban J connectivity index is 4.85. The average molecular weight is 244 g/mol. The van der Waals surface area contributed by atoms with E-state index >= 15 is 0 Å². The average Bonchev–Trinajstić information content (AvgIpc) is 2.22. The molecule has 96 valence electrons. The van der Waals surface area contributed by atoms with Crippen LogP contribution < -0.4 is 0 Å². The maximum atomic E-state index is 11.5. The van der Waals surface area contributed by atoms with E-state index in [1.165, 1.54) is 6.92 Å². The predicted octanol–water partition coefficient (Wildman–Crippen LogP) is 1.21. The highest BCUT2D eigenvalue weighted by Gasteiger charge is 2.17. The number of carbonyl (C=O) groups excluding carboxylic acids is 1. The Morgan fingerprint density at radius 1 is 1.06 bits per heavy atom. The quantitative estimate of drug-likeness (QED) is 0.515. The van der Waals surface area contributed by atoms with Crippen LogP contribution in [0.2, 0.25) is 0 Å². The van der Waals surface area contributed by atoms with Crippen LogP contribution in [0.5, 0.6) is 0 Å². The van der Waals surface area contributed by atoms with Gasteiger partial charge >= 0.3 is 17.9 Å². The number of carboxylic acids is 2. The van der Waals surface area contributed by atoms with Crippen molar-refractivity contribution in [1.82, 2.24) is 0 Å². The summed E-state index contributed by atoms with van der Waals surface area (Å²) in [4.78, 5) is 32.5. The number of hydrogen-bond acceptors (Lipinski definition) is 4. The van der Waals surface area contributed by atoms with Gasteiger partial charge in [0, 0.05) is 12.0 Å². The molecule has 0 aliphatic heterocycles. The van der Waals surface area contributed by atoms with Crippen LogP contribution in [-0.2, 0) is 19.1 Å². The molecule has 2 N–H and O–H groups in total. The van der Waals surface area contributed by atoms with Crippen LogP contribution in [0, 0.1) is 0 Å². The van der Waals surface area contributed by atoms with E-state index in [2.05, 4.69) is 0 Å². The Bertz CT molecular complexity index is 342. The smallest absolute Gasteiger partial charge is 0.334 e. The number of rotatable bonds is 7. The molecule has 0 aromatic heterocycles. The number of hydrogen-bond donors (Lipinski definition) is 2. The lowest BCUT2D eigenvalue weighted by molar-refractivity contribution is -0.142. The summed E-state index contributed by atoms with van der Waals surface area (Å²) in [5.41, 5.74) is 0.467. The molecule has 0 aliphatic rings. The van der Waals surface area contributed by atoms with Gasteiger partial charge in [-0.25, -0.2) is 4.79 Å². The molecule has 0 radical (unpaired) electrons. The van der Waals surface area contributed by atoms with Gasteiger partial charge in [0.15, 0.2) is 0 Å². The van der Waals surface area contributed by atoms with Gasteiger partial charge in [-0.2, -0.15) is 0 Å². The molecule has 0 spiro atoms. The fourth-order valence-corrected chi connectivity index (χ4v) is 1.21. The highest BCUT2D eigenvalue weighted by Crippen LogP contribution is 2.16. The molecular formula is C11H16O6. The first-order chi connectivity index (χ1) is 7.88. The number of carboxylic acid groups (broad SMARTS) is 2. The second kappa shape index (κ2) is 7.43. The molecule has 6 heteroatoms. The van der Waals surface area contributed by atoms with Gasteiger partial charge in [0.1, 0.15) is 0 Å². The molecule has 0 atom stereocenters. The molecule has 0 amide bonds. The van der Waals surface area contributed by atoms with Crippen LogP contribution in [0.15, 0.2) is 11.1 Å². The van der Waals surface area contributed by atoms with E-state index < -0.39 is 24.3 Å². The van der Waals surface area contributed by atoms with E-state index in [4.69, 9.17) is 14.9 Å². The third kappa shape index (κ3) is 6.34. The van der Waals surface area contributed by atoms with Gasteiger partial charge in [0.25, 0.3) is 0 Å². The van der Waals surface area contributed by atoms with Crippen LogP contribution in [0.1, 0.15) is 33.1 Å². The fraction of sp³-hybridized carbons (Fsp3) is 0.545. The van der Waals surface area contributed by atoms with E-state index in [0.717, 1.165) is 0 Å². The zero-order valence-electron chi connectivity index (χ0n) is 9.86. The molecule has 0 heterocycles. The summed E-state index contributed by atoms with van der Waals surface area (Å²) in [5, 5.41) is 17.2. The van der Waals surface area contributed by atoms with Gasteiger partial charge < -0.3 is 14.9 Å². The van der Waals surface area contributed by atoms with Crippen molar-refractivity contribution in [1.29, 1.82) is 0 Å². The van der Waals surface area contributed by atoms with Crippen LogP contribution in [0.25, 0.3) is 0 Å². The molecule has 0 aromatic carbocycles. The number of allylic oxidation sites excluding steroid dienone is 1. The second-order valence-electron chi connectivity index (χ2n) is 3.44. The van der Waals surface area contributed by atoms with Crippen molar-refractivity contribution in [2.45, 2.75) is 33.1 Å². The standard InChI is InChI=1S/C11H16O6/c1-3-17-11(16)8(6-10(14)15)7(2)4-5-9(12)13/h3-6H2,1-2H3,(H,12,13)(H,14,15). The van der Waals surface area contributed by atoms with Gasteiger partial charge in [-0.1, -0.05) is 5.57 Å². The van der Waals surface area contributed by atoms with Crippen LogP contribution >= 0.6 is 0 Å². The Morgan fingerprint density at radius 3 is 2.06 bits per heavy atom. The first kappa shape index (κ1) is 15.2. The van der Waals surface area contributed by atoms with E-state index in [-0.39, 0.29) is 25.0 Å². The lowest BCUT2D eigenvalue weighted by atomic mass is 10.0. The van der Waals surface area contributed by atoms with Crippen molar-refractivity contribution in [2.75, 3.05) is 6.61 Å². The number of carbonyl (C=O) groups is 3. The van der Waals surface area contributed by atoms with Gasteiger partial charge in [0.2, 0.25) is 0 Å². The van der Waals surface area contributed by atoms with E-state index in [1.54, 1.807) is 6.92 Å². The van der Waals surface area contributed by atoms with Gasteiger partial charge in [-0.3, -0.25) is 9.59 Å². The zero-order chi connectivity index (χ0) is 13.4. The first-order valence-electron chi connectivity index (χ1n) is 5.17. The molecular weight excluding hydrogens is 228 g/mol. The normalized spacial score (nSPS) is 11.6. The second-order valence-corrected chi connectivity index (χ2v) is 3.44. The summed E-state index contributed by atoms with van der Waals surface area (Å²) in [6, 6.07) is 0. The SMILES string of the molecule is CCOC(=O)C(CC(=O)O)=C(C)CCC(=O)O.